The predicted molar refractivity (Wildman–Crippen MR) is 120 cm³/mol. The molecule has 7 nitrogen and oxygen atoms in total. The van der Waals surface area contributed by atoms with Crippen molar-refractivity contribution >= 4 is 27.6 Å². The van der Waals surface area contributed by atoms with E-state index in [0.717, 1.165) is 0 Å². The highest BCUT2D eigenvalue weighted by molar-refractivity contribution is 7.89. The number of ether oxygens (including phenoxy) is 1. The van der Waals surface area contributed by atoms with Crippen molar-refractivity contribution in [1.82, 2.24) is 4.72 Å². The summed E-state index contributed by atoms with van der Waals surface area (Å²) in [4.78, 5) is 25.5. The first-order valence-corrected chi connectivity index (χ1v) is 11.1. The lowest BCUT2D eigenvalue weighted by Crippen LogP contribution is -2.26. The summed E-state index contributed by atoms with van der Waals surface area (Å²) >= 11 is 0. The minimum atomic E-state index is -3.82. The Morgan fingerprint density at radius 1 is 0.970 bits per heavy atom. The van der Waals surface area contributed by atoms with Gasteiger partial charge in [-0.2, -0.15) is 4.72 Å². The van der Waals surface area contributed by atoms with Crippen LogP contribution in [-0.2, 0) is 19.6 Å². The predicted octanol–water partition coefficient (Wildman–Crippen LogP) is 3.27. The number of nitrogens with one attached hydrogen (secondary N) is 2. The zero-order chi connectivity index (χ0) is 23.8. The van der Waals surface area contributed by atoms with Crippen molar-refractivity contribution in [2.75, 3.05) is 11.9 Å². The molecule has 2 N–H and O–H groups in total. The lowest BCUT2D eigenvalue weighted by molar-refractivity contribution is -0.125. The first-order chi connectivity index (χ1) is 15.8. The topological polar surface area (TPSA) is 102 Å². The molecule has 3 aromatic carbocycles. The van der Waals surface area contributed by atoms with E-state index in [-0.39, 0.29) is 17.0 Å². The summed E-state index contributed by atoms with van der Waals surface area (Å²) in [5.74, 6) is 0.236. The number of carbonyl (C=O) groups excluding carboxylic acids is 2. The van der Waals surface area contributed by atoms with E-state index in [4.69, 9.17) is 11.2 Å². The Bertz CT molecular complexity index is 1270. The highest BCUT2D eigenvalue weighted by Crippen LogP contribution is 2.22. The lowest BCUT2D eigenvalue weighted by Gasteiger charge is -2.18. The van der Waals surface area contributed by atoms with Gasteiger partial charge in [0.1, 0.15) is 5.82 Å². The third kappa shape index (κ3) is 6.26. The number of benzene rings is 3. The summed E-state index contributed by atoms with van der Waals surface area (Å²) in [6, 6.07) is 18.5. The average molecular weight is 466 g/mol. The molecule has 0 saturated heterocycles. The Morgan fingerprint density at radius 2 is 1.61 bits per heavy atom. The van der Waals surface area contributed by atoms with Gasteiger partial charge in [-0.15, -0.1) is 6.42 Å². The monoisotopic (exact) mass is 466 g/mol. The van der Waals surface area contributed by atoms with Crippen molar-refractivity contribution in [2.24, 2.45) is 0 Å². The molecule has 0 saturated carbocycles. The van der Waals surface area contributed by atoms with E-state index < -0.39 is 33.8 Å². The molecule has 0 heterocycles. The second-order valence-corrected chi connectivity index (χ2v) is 8.51. The molecule has 9 heteroatoms. The molecular weight excluding hydrogens is 447 g/mol. The van der Waals surface area contributed by atoms with E-state index in [1.165, 1.54) is 48.5 Å². The van der Waals surface area contributed by atoms with Gasteiger partial charge >= 0.3 is 5.97 Å². The quantitative estimate of drug-likeness (QED) is 0.392. The summed E-state index contributed by atoms with van der Waals surface area (Å²) in [6.07, 6.45) is 3.76. The third-order valence-corrected chi connectivity index (χ3v) is 5.86. The molecule has 0 aliphatic heterocycles. The minimum absolute atomic E-state index is 0.0430. The van der Waals surface area contributed by atoms with Crippen molar-refractivity contribution in [2.45, 2.75) is 11.0 Å². The number of carbonyl (C=O) groups is 2. The zero-order valence-electron chi connectivity index (χ0n) is 17.2. The zero-order valence-corrected chi connectivity index (χ0v) is 18.0. The van der Waals surface area contributed by atoms with Gasteiger partial charge in [0.2, 0.25) is 16.1 Å². The molecule has 168 valence electrons. The van der Waals surface area contributed by atoms with Gasteiger partial charge in [-0.3, -0.25) is 4.79 Å². The van der Waals surface area contributed by atoms with Crippen molar-refractivity contribution in [1.29, 1.82) is 0 Å². The highest BCUT2D eigenvalue weighted by atomic mass is 32.2. The van der Waals surface area contributed by atoms with Crippen LogP contribution in [0.2, 0.25) is 0 Å². The van der Waals surface area contributed by atoms with E-state index in [2.05, 4.69) is 16.0 Å². The molecule has 0 bridgehead atoms. The first kappa shape index (κ1) is 23.7. The molecule has 0 aromatic heterocycles. The second-order valence-electron chi connectivity index (χ2n) is 6.75. The van der Waals surface area contributed by atoms with E-state index in [0.29, 0.717) is 11.3 Å². The summed E-state index contributed by atoms with van der Waals surface area (Å²) in [6.45, 7) is -0.173. The van der Waals surface area contributed by atoms with E-state index >= 15 is 0 Å². The number of hydrogen-bond donors (Lipinski definition) is 2. The number of sulfonamides is 1. The van der Waals surface area contributed by atoms with Gasteiger partial charge in [0, 0.05) is 11.3 Å². The number of halogens is 1. The van der Waals surface area contributed by atoms with Crippen molar-refractivity contribution in [3.05, 3.63) is 95.8 Å². The van der Waals surface area contributed by atoms with Gasteiger partial charge in [-0.1, -0.05) is 36.3 Å². The van der Waals surface area contributed by atoms with Crippen LogP contribution >= 0.6 is 0 Å². The number of anilines is 1. The van der Waals surface area contributed by atoms with Crippen LogP contribution in [0.5, 0.6) is 0 Å². The number of amides is 1. The van der Waals surface area contributed by atoms with Crippen molar-refractivity contribution in [3.63, 3.8) is 0 Å². The molecule has 0 fully saturated rings. The maximum absolute atomic E-state index is 13.1. The Balaban J connectivity index is 1.79. The van der Waals surface area contributed by atoms with Crippen molar-refractivity contribution in [3.8, 4) is 12.3 Å². The van der Waals surface area contributed by atoms with Gasteiger partial charge in [-0.25, -0.2) is 17.6 Å². The summed E-state index contributed by atoms with van der Waals surface area (Å²) in [7, 11) is -3.82. The second kappa shape index (κ2) is 10.5. The molecule has 1 unspecified atom stereocenters. The summed E-state index contributed by atoms with van der Waals surface area (Å²) < 4.78 is 45.0. The minimum Gasteiger partial charge on any atom is -0.444 e. The van der Waals surface area contributed by atoms with Gasteiger partial charge < -0.3 is 10.1 Å². The van der Waals surface area contributed by atoms with Gasteiger partial charge in [0.25, 0.3) is 5.91 Å². The maximum atomic E-state index is 13.1. The number of esters is 1. The number of hydrogen-bond acceptors (Lipinski definition) is 5. The average Bonchev–Trinajstić information content (AvgIpc) is 2.83. The Morgan fingerprint density at radius 3 is 2.21 bits per heavy atom. The number of rotatable bonds is 8. The Hall–Kier alpha value is -4.00. The van der Waals surface area contributed by atoms with Crippen LogP contribution in [0, 0.1) is 18.2 Å². The van der Waals surface area contributed by atoms with Crippen LogP contribution in [-0.4, -0.2) is 26.8 Å². The lowest BCUT2D eigenvalue weighted by atomic mass is 10.1. The molecule has 0 spiro atoms. The molecule has 0 aliphatic rings. The standard InChI is InChI=1S/C24H19FN2O5S/c1-2-16-26-33(30,31)21-14-8-18(9-15-21)24(29)32-22(17-6-4-3-5-7-17)23(28)27-20-12-10-19(25)11-13-20/h1,3-15,22,26H,16H2,(H,27,28). The van der Waals surface area contributed by atoms with Crippen LogP contribution in [0.25, 0.3) is 0 Å². The Kier molecular flexibility index (Phi) is 7.56. The molecule has 0 aliphatic carbocycles. The van der Waals surface area contributed by atoms with Gasteiger partial charge in [-0.05, 0) is 48.5 Å². The van der Waals surface area contributed by atoms with E-state index in [9.17, 15) is 22.4 Å². The van der Waals surface area contributed by atoms with E-state index in [1.54, 1.807) is 30.3 Å². The van der Waals surface area contributed by atoms with Crippen LogP contribution in [0.3, 0.4) is 0 Å². The van der Waals surface area contributed by atoms with Crippen molar-refractivity contribution < 1.29 is 27.1 Å². The molecule has 1 atom stereocenters. The molecular formula is C24H19FN2O5S. The van der Waals surface area contributed by atoms with Crippen LogP contribution in [0.15, 0.2) is 83.8 Å². The maximum Gasteiger partial charge on any atom is 0.339 e. The Labute approximate surface area is 190 Å². The molecule has 0 radical (unpaired) electrons. The normalized spacial score (nSPS) is 11.8. The van der Waals surface area contributed by atoms with Gasteiger partial charge in [0.05, 0.1) is 17.0 Å². The molecule has 33 heavy (non-hydrogen) atoms. The molecule has 3 aromatic rings. The third-order valence-electron chi connectivity index (χ3n) is 4.44. The summed E-state index contributed by atoms with van der Waals surface area (Å²) in [5.41, 5.74) is 0.789. The van der Waals surface area contributed by atoms with Gasteiger partial charge in [0.15, 0.2) is 0 Å². The highest BCUT2D eigenvalue weighted by Gasteiger charge is 2.26. The fraction of sp³-hybridized carbons (Fsp3) is 0.0833. The first-order valence-electron chi connectivity index (χ1n) is 9.66. The summed E-state index contributed by atoms with van der Waals surface area (Å²) in [5, 5.41) is 2.59. The van der Waals surface area contributed by atoms with Crippen LogP contribution in [0.4, 0.5) is 10.1 Å². The van der Waals surface area contributed by atoms with E-state index in [1.807, 2.05) is 0 Å². The van der Waals surface area contributed by atoms with Crippen LogP contribution < -0.4 is 10.0 Å². The fourth-order valence-electron chi connectivity index (χ4n) is 2.81. The smallest absolute Gasteiger partial charge is 0.339 e. The largest absolute Gasteiger partial charge is 0.444 e. The SMILES string of the molecule is C#CCNS(=O)(=O)c1ccc(C(=O)OC(C(=O)Nc2ccc(F)cc2)c2ccccc2)cc1. The van der Waals surface area contributed by atoms with Crippen LogP contribution in [0.1, 0.15) is 22.0 Å². The number of terminal acetylenes is 1. The molecule has 3 rings (SSSR count). The molecule has 1 amide bonds. The fourth-order valence-corrected chi connectivity index (χ4v) is 3.74.